The molecule has 2 aromatic carbocycles. The number of para-hydroxylation sites is 2. The first-order chi connectivity index (χ1) is 11.1. The number of rotatable bonds is 3. The fraction of sp³-hybridized carbons (Fsp3) is 0.0625. The average molecular weight is 392 g/mol. The van der Waals surface area contributed by atoms with Crippen molar-refractivity contribution in [2.75, 3.05) is 12.4 Å². The molecule has 0 heterocycles. The van der Waals surface area contributed by atoms with Gasteiger partial charge in [-0.25, -0.2) is 4.79 Å². The number of thiocarbonyl (C=S) groups is 1. The van der Waals surface area contributed by atoms with Gasteiger partial charge in [-0.05, 0) is 42.0 Å². The zero-order valence-corrected chi connectivity index (χ0v) is 14.6. The number of alkyl carbamates (subject to hydrolysis) is 1. The van der Waals surface area contributed by atoms with Gasteiger partial charge in [0.05, 0.1) is 18.5 Å². The van der Waals surface area contributed by atoms with E-state index >= 15 is 0 Å². The van der Waals surface area contributed by atoms with Crippen molar-refractivity contribution in [3.05, 3.63) is 58.6 Å². The van der Waals surface area contributed by atoms with E-state index in [4.69, 9.17) is 12.2 Å². The van der Waals surface area contributed by atoms with Crippen LogP contribution in [0.15, 0.2) is 58.0 Å². The fourth-order valence-corrected chi connectivity index (χ4v) is 2.33. The molecule has 0 atom stereocenters. The lowest BCUT2D eigenvalue weighted by atomic mass is 10.2. The molecule has 2 N–H and O–H groups in total. The zero-order valence-electron chi connectivity index (χ0n) is 12.2. The maximum atomic E-state index is 11.1. The molecule has 0 aromatic heterocycles. The highest BCUT2D eigenvalue weighted by atomic mass is 79.9. The molecular formula is C16H14BrN3O2S. The van der Waals surface area contributed by atoms with Crippen molar-refractivity contribution in [2.45, 2.75) is 0 Å². The van der Waals surface area contributed by atoms with Crippen molar-refractivity contribution >= 4 is 56.9 Å². The van der Waals surface area contributed by atoms with Crippen LogP contribution in [0.5, 0.6) is 0 Å². The van der Waals surface area contributed by atoms with Crippen LogP contribution in [0, 0.1) is 0 Å². The molecule has 0 aliphatic rings. The predicted molar refractivity (Wildman–Crippen MR) is 99.6 cm³/mol. The minimum absolute atomic E-state index is 0.141. The van der Waals surface area contributed by atoms with Crippen LogP contribution in [-0.4, -0.2) is 24.5 Å². The monoisotopic (exact) mass is 391 g/mol. The van der Waals surface area contributed by atoms with E-state index in [-0.39, 0.29) is 5.11 Å². The number of methoxy groups -OCH3 is 1. The average Bonchev–Trinajstić information content (AvgIpc) is 2.54. The Hall–Kier alpha value is -2.25. The number of halogens is 1. The predicted octanol–water partition coefficient (Wildman–Crippen LogP) is 4.25. The lowest BCUT2D eigenvalue weighted by Crippen LogP contribution is -2.33. The van der Waals surface area contributed by atoms with Gasteiger partial charge < -0.3 is 10.1 Å². The van der Waals surface area contributed by atoms with E-state index in [1.54, 1.807) is 6.21 Å². The van der Waals surface area contributed by atoms with Crippen LogP contribution >= 0.6 is 28.1 Å². The van der Waals surface area contributed by atoms with E-state index in [9.17, 15) is 4.79 Å². The van der Waals surface area contributed by atoms with Gasteiger partial charge in [-0.2, -0.15) is 0 Å². The Morgan fingerprint density at radius 1 is 1.26 bits per heavy atom. The van der Waals surface area contributed by atoms with Crippen LogP contribution in [0.1, 0.15) is 5.56 Å². The third-order valence-corrected chi connectivity index (χ3v) is 3.45. The van der Waals surface area contributed by atoms with Gasteiger partial charge in [0.1, 0.15) is 0 Å². The summed E-state index contributed by atoms with van der Waals surface area (Å²) >= 11 is 8.47. The van der Waals surface area contributed by atoms with Crippen LogP contribution in [0.2, 0.25) is 0 Å². The third kappa shape index (κ3) is 5.46. The van der Waals surface area contributed by atoms with Gasteiger partial charge in [0, 0.05) is 10.7 Å². The highest BCUT2D eigenvalue weighted by molar-refractivity contribution is 9.10. The van der Waals surface area contributed by atoms with Gasteiger partial charge in [-0.3, -0.25) is 10.3 Å². The van der Waals surface area contributed by atoms with Crippen molar-refractivity contribution in [1.29, 1.82) is 0 Å². The molecule has 5 nitrogen and oxygen atoms in total. The summed E-state index contributed by atoms with van der Waals surface area (Å²) in [7, 11) is 1.27. The van der Waals surface area contributed by atoms with Crippen molar-refractivity contribution < 1.29 is 9.53 Å². The summed E-state index contributed by atoms with van der Waals surface area (Å²) in [6, 6.07) is 15.2. The molecule has 0 bridgehead atoms. The highest BCUT2D eigenvalue weighted by Gasteiger charge is 2.06. The number of nitrogens with one attached hydrogen (secondary N) is 2. The third-order valence-electron chi connectivity index (χ3n) is 2.75. The summed E-state index contributed by atoms with van der Waals surface area (Å²) in [4.78, 5) is 15.6. The Kier molecular flexibility index (Phi) is 6.25. The Morgan fingerprint density at radius 2 is 2.04 bits per heavy atom. The molecule has 118 valence electrons. The number of hydrogen-bond donors (Lipinski definition) is 2. The van der Waals surface area contributed by atoms with Gasteiger partial charge in [-0.1, -0.05) is 40.2 Å². The lowest BCUT2D eigenvalue weighted by Gasteiger charge is -2.10. The number of anilines is 1. The van der Waals surface area contributed by atoms with Crippen LogP contribution in [0.25, 0.3) is 0 Å². The quantitative estimate of drug-likeness (QED) is 0.606. The second kappa shape index (κ2) is 8.40. The lowest BCUT2D eigenvalue weighted by molar-refractivity contribution is 0.177. The number of carbonyl (C=O) groups is 1. The van der Waals surface area contributed by atoms with Gasteiger partial charge in [-0.15, -0.1) is 0 Å². The maximum absolute atomic E-state index is 11.1. The molecule has 0 radical (unpaired) electrons. The Labute approximate surface area is 147 Å². The molecule has 0 saturated carbocycles. The zero-order chi connectivity index (χ0) is 16.7. The largest absolute Gasteiger partial charge is 0.453 e. The van der Waals surface area contributed by atoms with Gasteiger partial charge in [0.25, 0.3) is 0 Å². The molecule has 0 spiro atoms. The van der Waals surface area contributed by atoms with Crippen LogP contribution in [0.4, 0.5) is 16.2 Å². The molecule has 2 aromatic rings. The van der Waals surface area contributed by atoms with E-state index in [0.717, 1.165) is 10.0 Å². The molecule has 0 fully saturated rings. The first-order valence-corrected chi connectivity index (χ1v) is 7.83. The van der Waals surface area contributed by atoms with Crippen molar-refractivity contribution in [2.24, 2.45) is 4.99 Å². The molecule has 7 heteroatoms. The summed E-state index contributed by atoms with van der Waals surface area (Å²) < 4.78 is 5.48. The molecular weight excluding hydrogens is 378 g/mol. The Balaban J connectivity index is 2.14. The van der Waals surface area contributed by atoms with E-state index in [0.29, 0.717) is 11.4 Å². The molecule has 0 aliphatic carbocycles. The van der Waals surface area contributed by atoms with Crippen LogP contribution in [-0.2, 0) is 4.74 Å². The number of nitrogens with zero attached hydrogens (tertiary/aromatic N) is 1. The van der Waals surface area contributed by atoms with Crippen molar-refractivity contribution in [3.8, 4) is 0 Å². The number of aliphatic imine (C=N–C) groups is 1. The Morgan fingerprint density at radius 3 is 2.78 bits per heavy atom. The summed E-state index contributed by atoms with van der Waals surface area (Å²) in [6.45, 7) is 0. The minimum Gasteiger partial charge on any atom is -0.453 e. The molecule has 1 amide bonds. The van der Waals surface area contributed by atoms with E-state index in [1.807, 2.05) is 48.5 Å². The Bertz CT molecular complexity index is 750. The molecule has 0 saturated heterocycles. The first-order valence-electron chi connectivity index (χ1n) is 6.63. The number of carbonyl (C=O) groups excluding carboxylic acids is 1. The number of amides is 1. The van der Waals surface area contributed by atoms with E-state index in [1.165, 1.54) is 7.11 Å². The number of hydrogen-bond acceptors (Lipinski definition) is 4. The summed E-state index contributed by atoms with van der Waals surface area (Å²) in [5, 5.41) is 5.45. The number of benzene rings is 2. The van der Waals surface area contributed by atoms with Crippen LogP contribution in [0.3, 0.4) is 0 Å². The van der Waals surface area contributed by atoms with Gasteiger partial charge in [0.2, 0.25) is 0 Å². The van der Waals surface area contributed by atoms with E-state index in [2.05, 4.69) is 36.3 Å². The van der Waals surface area contributed by atoms with Crippen molar-refractivity contribution in [3.63, 3.8) is 0 Å². The molecule has 0 aliphatic heterocycles. The summed E-state index contributed by atoms with van der Waals surface area (Å²) in [5.41, 5.74) is 2.34. The maximum Gasteiger partial charge on any atom is 0.413 e. The fourth-order valence-electron chi connectivity index (χ4n) is 1.72. The summed E-state index contributed by atoms with van der Waals surface area (Å²) in [6.07, 6.45) is 1.12. The second-order valence-electron chi connectivity index (χ2n) is 4.40. The topological polar surface area (TPSA) is 62.7 Å². The number of ether oxygens (including phenoxy) is 1. The molecule has 23 heavy (non-hydrogen) atoms. The van der Waals surface area contributed by atoms with Crippen LogP contribution < -0.4 is 10.6 Å². The molecule has 2 rings (SSSR count). The minimum atomic E-state index is -0.627. The standard InChI is InChI=1S/C16H14BrN3O2S/c1-22-16(21)20-15(23)19-14-8-3-2-7-13(14)18-10-11-5-4-6-12(17)9-11/h2-10H,1H3,(H2,19,20,21,23). The van der Waals surface area contributed by atoms with E-state index < -0.39 is 6.09 Å². The van der Waals surface area contributed by atoms with Crippen molar-refractivity contribution in [1.82, 2.24) is 5.32 Å². The molecule has 0 unspecified atom stereocenters. The summed E-state index contributed by atoms with van der Waals surface area (Å²) in [5.74, 6) is 0. The highest BCUT2D eigenvalue weighted by Crippen LogP contribution is 2.24. The SMILES string of the molecule is COC(=O)NC(=S)Nc1ccccc1N=Cc1cccc(Br)c1. The van der Waals surface area contributed by atoms with Gasteiger partial charge in [0.15, 0.2) is 5.11 Å². The second-order valence-corrected chi connectivity index (χ2v) is 5.72. The smallest absolute Gasteiger partial charge is 0.413 e. The van der Waals surface area contributed by atoms with Gasteiger partial charge >= 0.3 is 6.09 Å². The normalized spacial score (nSPS) is 10.3. The first kappa shape index (κ1) is 17.1.